The smallest absolute Gasteiger partial charge is 0.342 e. The molecule has 8 heteroatoms. The number of allylic oxidation sites excluding steroid dienone is 2. The van der Waals surface area contributed by atoms with Gasteiger partial charge < -0.3 is 19.9 Å². The molecule has 0 fully saturated rings. The lowest BCUT2D eigenvalue weighted by atomic mass is 9.94. The summed E-state index contributed by atoms with van der Waals surface area (Å²) >= 11 is 1.60. The van der Waals surface area contributed by atoms with E-state index in [1.165, 1.54) is 24.1 Å². The van der Waals surface area contributed by atoms with E-state index in [-0.39, 0.29) is 23.8 Å². The molecule has 7 nitrogen and oxygen atoms in total. The number of amides is 1. The molecule has 0 saturated heterocycles. The van der Waals surface area contributed by atoms with Gasteiger partial charge in [-0.05, 0) is 57.9 Å². The van der Waals surface area contributed by atoms with Crippen molar-refractivity contribution in [3.8, 4) is 11.5 Å². The fourth-order valence-electron chi connectivity index (χ4n) is 4.48. The first kappa shape index (κ1) is 23.3. The number of fused-ring (bicyclic) bond motifs is 2. The summed E-state index contributed by atoms with van der Waals surface area (Å²) in [5.74, 6) is -0.0790. The normalized spacial score (nSPS) is 15.5. The van der Waals surface area contributed by atoms with Crippen LogP contribution in [0.2, 0.25) is 0 Å². The molecule has 1 aromatic carbocycles. The van der Waals surface area contributed by atoms with Gasteiger partial charge in [0.25, 0.3) is 0 Å². The van der Waals surface area contributed by atoms with Crippen LogP contribution in [-0.4, -0.2) is 29.1 Å². The largest absolute Gasteiger partial charge is 0.507 e. The van der Waals surface area contributed by atoms with Crippen molar-refractivity contribution in [2.75, 3.05) is 12.4 Å². The highest BCUT2D eigenvalue weighted by Crippen LogP contribution is 2.42. The highest BCUT2D eigenvalue weighted by Gasteiger charge is 2.31. The highest BCUT2D eigenvalue weighted by atomic mass is 32.1. The van der Waals surface area contributed by atoms with E-state index in [1.54, 1.807) is 18.4 Å². The van der Waals surface area contributed by atoms with Crippen LogP contribution >= 0.6 is 11.3 Å². The van der Waals surface area contributed by atoms with Crippen LogP contribution in [0.15, 0.2) is 11.6 Å². The zero-order valence-electron chi connectivity index (χ0n) is 19.4. The number of carbonyl (C=O) groups excluding carboxylic acids is 2. The lowest BCUT2D eigenvalue weighted by Crippen LogP contribution is -2.11. The Bertz CT molecular complexity index is 1100. The van der Waals surface area contributed by atoms with Crippen molar-refractivity contribution in [1.82, 2.24) is 4.98 Å². The number of methoxy groups -OCH3 is 1. The number of nitrogens with zero attached hydrogens (tertiary/aromatic N) is 1. The SMILES string of the molecule is COc1c(C)c2c(c(O)c1CC=C(C)CCC(=O)Nc1nc3c(s1)CCCCC3)C(=O)OC2. The molecule has 2 aliphatic rings. The molecule has 176 valence electrons. The predicted octanol–water partition coefficient (Wildman–Crippen LogP) is 5.01. The summed E-state index contributed by atoms with van der Waals surface area (Å²) in [6.07, 6.45) is 8.95. The molecular formula is C25H30N2O5S. The average molecular weight is 471 g/mol. The lowest BCUT2D eigenvalue weighted by Gasteiger charge is -2.15. The van der Waals surface area contributed by atoms with E-state index in [9.17, 15) is 14.7 Å². The Hall–Kier alpha value is -2.87. The second-order valence-corrected chi connectivity index (χ2v) is 9.75. The maximum Gasteiger partial charge on any atom is 0.342 e. The Balaban J connectivity index is 1.38. The maximum atomic E-state index is 12.5. The van der Waals surface area contributed by atoms with Crippen molar-refractivity contribution in [2.24, 2.45) is 0 Å². The van der Waals surface area contributed by atoms with E-state index >= 15 is 0 Å². The van der Waals surface area contributed by atoms with E-state index in [2.05, 4.69) is 10.3 Å². The van der Waals surface area contributed by atoms with E-state index in [0.29, 0.717) is 41.3 Å². The van der Waals surface area contributed by atoms with Crippen LogP contribution in [0, 0.1) is 6.92 Å². The topological polar surface area (TPSA) is 97.8 Å². The van der Waals surface area contributed by atoms with Crippen molar-refractivity contribution in [1.29, 1.82) is 0 Å². The van der Waals surface area contributed by atoms with Crippen molar-refractivity contribution >= 4 is 28.3 Å². The second kappa shape index (κ2) is 9.95. The quantitative estimate of drug-likeness (QED) is 0.335. The Morgan fingerprint density at radius 2 is 2.06 bits per heavy atom. The van der Waals surface area contributed by atoms with Gasteiger partial charge >= 0.3 is 5.97 Å². The molecule has 2 aromatic rings. The zero-order valence-corrected chi connectivity index (χ0v) is 20.2. The van der Waals surface area contributed by atoms with Crippen LogP contribution in [-0.2, 0) is 35.4 Å². The number of hydrogen-bond donors (Lipinski definition) is 2. The Morgan fingerprint density at radius 1 is 1.27 bits per heavy atom. The molecule has 4 rings (SSSR count). The van der Waals surface area contributed by atoms with Crippen LogP contribution in [0.3, 0.4) is 0 Å². The van der Waals surface area contributed by atoms with E-state index in [0.717, 1.165) is 29.7 Å². The standard InChI is InChI=1S/C25H30N2O5S/c1-14(10-12-20(28)27-25-26-18-7-5-4-6-8-19(18)33-25)9-11-16-22(29)21-17(13-32-24(21)30)15(2)23(16)31-3/h9,29H,4-8,10-13H2,1-3H3,(H,26,27,28). The van der Waals surface area contributed by atoms with Crippen molar-refractivity contribution in [2.45, 2.75) is 71.8 Å². The summed E-state index contributed by atoms with van der Waals surface area (Å²) in [5, 5.41) is 14.4. The van der Waals surface area contributed by atoms with Crippen molar-refractivity contribution < 1.29 is 24.2 Å². The van der Waals surface area contributed by atoms with E-state index in [1.807, 2.05) is 19.9 Å². The van der Waals surface area contributed by atoms with Gasteiger partial charge in [-0.2, -0.15) is 0 Å². The van der Waals surface area contributed by atoms with Gasteiger partial charge in [0.2, 0.25) is 5.91 Å². The molecule has 1 amide bonds. The molecule has 33 heavy (non-hydrogen) atoms. The molecule has 0 bridgehead atoms. The van der Waals surface area contributed by atoms with E-state index < -0.39 is 5.97 Å². The molecule has 0 radical (unpaired) electrons. The van der Waals surface area contributed by atoms with Crippen molar-refractivity contribution in [3.05, 3.63) is 44.5 Å². The number of esters is 1. The molecule has 1 aliphatic carbocycles. The first-order valence-electron chi connectivity index (χ1n) is 11.4. The van der Waals surface area contributed by atoms with Gasteiger partial charge in [-0.3, -0.25) is 4.79 Å². The number of ether oxygens (including phenoxy) is 2. The number of benzene rings is 1. The Kier molecular flexibility index (Phi) is 7.02. The fraction of sp³-hybridized carbons (Fsp3) is 0.480. The number of rotatable bonds is 7. The molecule has 1 aromatic heterocycles. The first-order chi connectivity index (χ1) is 15.9. The van der Waals surface area contributed by atoms with Crippen LogP contribution in [0.25, 0.3) is 0 Å². The first-order valence-corrected chi connectivity index (χ1v) is 12.2. The van der Waals surface area contributed by atoms with Gasteiger partial charge in [-0.25, -0.2) is 9.78 Å². The third-order valence-corrected chi connectivity index (χ3v) is 7.46. The van der Waals surface area contributed by atoms with Gasteiger partial charge in [0.15, 0.2) is 5.13 Å². The minimum Gasteiger partial charge on any atom is -0.507 e. The lowest BCUT2D eigenvalue weighted by molar-refractivity contribution is -0.116. The minimum atomic E-state index is -0.508. The number of cyclic esters (lactones) is 1. The monoisotopic (exact) mass is 470 g/mol. The molecular weight excluding hydrogens is 440 g/mol. The number of aromatic nitrogens is 1. The second-order valence-electron chi connectivity index (χ2n) is 8.67. The van der Waals surface area contributed by atoms with Gasteiger partial charge in [0.1, 0.15) is 23.7 Å². The number of thiazole rings is 1. The summed E-state index contributed by atoms with van der Waals surface area (Å²) in [7, 11) is 1.55. The number of hydrogen-bond acceptors (Lipinski definition) is 7. The van der Waals surface area contributed by atoms with Gasteiger partial charge in [-0.1, -0.05) is 18.1 Å². The Morgan fingerprint density at radius 3 is 2.85 bits per heavy atom. The third-order valence-electron chi connectivity index (χ3n) is 6.39. The minimum absolute atomic E-state index is 0.0526. The third kappa shape index (κ3) is 4.90. The number of aromatic hydroxyl groups is 1. The summed E-state index contributed by atoms with van der Waals surface area (Å²) in [6, 6.07) is 0. The molecule has 0 unspecified atom stereocenters. The van der Waals surface area contributed by atoms with Gasteiger partial charge in [0, 0.05) is 22.4 Å². The molecule has 1 aliphatic heterocycles. The predicted molar refractivity (Wildman–Crippen MR) is 127 cm³/mol. The number of phenolic OH excluding ortho intramolecular Hbond substituents is 1. The number of carbonyl (C=O) groups is 2. The Labute approximate surface area is 197 Å². The highest BCUT2D eigenvalue weighted by molar-refractivity contribution is 7.15. The summed E-state index contributed by atoms with van der Waals surface area (Å²) in [5.41, 5.74) is 4.43. The number of anilines is 1. The maximum absolute atomic E-state index is 12.5. The molecule has 2 heterocycles. The van der Waals surface area contributed by atoms with Crippen molar-refractivity contribution in [3.63, 3.8) is 0 Å². The molecule has 0 atom stereocenters. The fourth-order valence-corrected chi connectivity index (χ4v) is 5.55. The number of nitrogens with one attached hydrogen (secondary N) is 1. The average Bonchev–Trinajstić information content (AvgIpc) is 3.29. The summed E-state index contributed by atoms with van der Waals surface area (Å²) in [6.45, 7) is 3.97. The zero-order chi connectivity index (χ0) is 23.5. The van der Waals surface area contributed by atoms with Crippen LogP contribution < -0.4 is 10.1 Å². The molecule has 0 saturated carbocycles. The number of aryl methyl sites for hydroxylation is 2. The van der Waals surface area contributed by atoms with Crippen LogP contribution in [0.4, 0.5) is 5.13 Å². The number of phenols is 1. The van der Waals surface area contributed by atoms with Crippen LogP contribution in [0.5, 0.6) is 11.5 Å². The molecule has 2 N–H and O–H groups in total. The summed E-state index contributed by atoms with van der Waals surface area (Å²) in [4.78, 5) is 30.4. The molecule has 0 spiro atoms. The van der Waals surface area contributed by atoms with E-state index in [4.69, 9.17) is 9.47 Å². The van der Waals surface area contributed by atoms with Crippen LogP contribution in [0.1, 0.15) is 76.6 Å². The van der Waals surface area contributed by atoms with Gasteiger partial charge in [-0.15, -0.1) is 11.3 Å². The van der Waals surface area contributed by atoms with Gasteiger partial charge in [0.05, 0.1) is 12.8 Å². The summed E-state index contributed by atoms with van der Waals surface area (Å²) < 4.78 is 10.6.